The summed E-state index contributed by atoms with van der Waals surface area (Å²) in [6.07, 6.45) is 2.75. The highest BCUT2D eigenvalue weighted by Gasteiger charge is 2.27. The normalized spacial score (nSPS) is 31.8. The van der Waals surface area contributed by atoms with Crippen molar-refractivity contribution in [2.24, 2.45) is 5.73 Å². The highest BCUT2D eigenvalue weighted by Crippen LogP contribution is 2.17. The number of sulfone groups is 1. The minimum Gasteiger partial charge on any atom is -0.376 e. The Labute approximate surface area is 73.0 Å². The molecule has 0 spiro atoms. The van der Waals surface area contributed by atoms with E-state index in [4.69, 9.17) is 10.5 Å². The van der Waals surface area contributed by atoms with Crippen LogP contribution in [0, 0.1) is 0 Å². The minimum absolute atomic E-state index is 0.0583. The van der Waals surface area contributed by atoms with Gasteiger partial charge in [0.25, 0.3) is 0 Å². The van der Waals surface area contributed by atoms with Crippen molar-refractivity contribution in [3.05, 3.63) is 0 Å². The van der Waals surface area contributed by atoms with Gasteiger partial charge >= 0.3 is 0 Å². The summed E-state index contributed by atoms with van der Waals surface area (Å²) in [6, 6.07) is 0. The Morgan fingerprint density at radius 2 is 2.17 bits per heavy atom. The van der Waals surface area contributed by atoms with Crippen LogP contribution in [0.5, 0.6) is 0 Å². The molecule has 0 radical (unpaired) electrons. The van der Waals surface area contributed by atoms with E-state index in [2.05, 4.69) is 0 Å². The van der Waals surface area contributed by atoms with E-state index in [1.54, 1.807) is 0 Å². The molecule has 1 saturated heterocycles. The zero-order chi connectivity index (χ0) is 9.19. The molecule has 2 unspecified atom stereocenters. The van der Waals surface area contributed by atoms with Crippen molar-refractivity contribution in [1.82, 2.24) is 0 Å². The number of nitrogens with two attached hydrogens (primary N) is 1. The third-order valence-corrected chi connectivity index (χ3v) is 3.78. The Bertz CT molecular complexity index is 229. The molecule has 1 fully saturated rings. The van der Waals surface area contributed by atoms with Crippen molar-refractivity contribution in [1.29, 1.82) is 0 Å². The molecule has 0 amide bonds. The van der Waals surface area contributed by atoms with Gasteiger partial charge in [-0.1, -0.05) is 0 Å². The Morgan fingerprint density at radius 3 is 2.50 bits per heavy atom. The van der Waals surface area contributed by atoms with Crippen LogP contribution >= 0.6 is 0 Å². The molecule has 72 valence electrons. The van der Waals surface area contributed by atoms with E-state index >= 15 is 0 Å². The molecule has 0 saturated carbocycles. The Morgan fingerprint density at radius 1 is 1.50 bits per heavy atom. The lowest BCUT2D eigenvalue weighted by Gasteiger charge is -2.26. The van der Waals surface area contributed by atoms with Gasteiger partial charge in [-0.05, 0) is 12.8 Å². The van der Waals surface area contributed by atoms with Crippen LogP contribution in [0.3, 0.4) is 0 Å². The van der Waals surface area contributed by atoms with Crippen LogP contribution in [0.1, 0.15) is 12.8 Å². The lowest BCUT2D eigenvalue weighted by molar-refractivity contribution is 0.0244. The Kier molecular flexibility index (Phi) is 3.09. The van der Waals surface area contributed by atoms with Crippen molar-refractivity contribution in [3.8, 4) is 0 Å². The van der Waals surface area contributed by atoms with Gasteiger partial charge in [-0.2, -0.15) is 0 Å². The third kappa shape index (κ3) is 2.43. The van der Waals surface area contributed by atoms with E-state index in [9.17, 15) is 8.42 Å². The maximum atomic E-state index is 11.1. The monoisotopic (exact) mass is 193 g/mol. The summed E-state index contributed by atoms with van der Waals surface area (Å²) in [4.78, 5) is 0. The molecular formula is C7H15NO3S. The summed E-state index contributed by atoms with van der Waals surface area (Å²) in [6.45, 7) is 0.789. The summed E-state index contributed by atoms with van der Waals surface area (Å²) >= 11 is 0. The van der Waals surface area contributed by atoms with E-state index in [1.165, 1.54) is 6.26 Å². The van der Waals surface area contributed by atoms with Gasteiger partial charge in [0, 0.05) is 12.8 Å². The molecule has 5 heteroatoms. The van der Waals surface area contributed by atoms with Gasteiger partial charge in [0.05, 0.1) is 18.0 Å². The molecule has 0 aromatic rings. The molecule has 2 N–H and O–H groups in total. The number of hydrogen-bond donors (Lipinski definition) is 1. The topological polar surface area (TPSA) is 69.4 Å². The smallest absolute Gasteiger partial charge is 0.152 e. The van der Waals surface area contributed by atoms with Gasteiger partial charge in [0.2, 0.25) is 0 Å². The lowest BCUT2D eigenvalue weighted by Crippen LogP contribution is -2.37. The standard InChI is InChI=1S/C7H15NO3S/c1-12(9,10)7-3-2-6(4-8)11-5-7/h6-7H,2-5,8H2,1H3. The maximum absolute atomic E-state index is 11.1. The van der Waals surface area contributed by atoms with Gasteiger partial charge < -0.3 is 10.5 Å². The minimum atomic E-state index is -2.92. The fourth-order valence-corrected chi connectivity index (χ4v) is 2.20. The fourth-order valence-electron chi connectivity index (χ4n) is 1.31. The fraction of sp³-hybridized carbons (Fsp3) is 1.00. The van der Waals surface area contributed by atoms with E-state index < -0.39 is 9.84 Å². The Balaban J connectivity index is 2.47. The van der Waals surface area contributed by atoms with Gasteiger partial charge in [0.1, 0.15) is 0 Å². The summed E-state index contributed by atoms with van der Waals surface area (Å²) in [5.41, 5.74) is 5.38. The average molecular weight is 193 g/mol. The molecule has 1 aliphatic rings. The summed E-state index contributed by atoms with van der Waals surface area (Å²) < 4.78 is 27.4. The van der Waals surface area contributed by atoms with Crippen molar-refractivity contribution in [3.63, 3.8) is 0 Å². The third-order valence-electron chi connectivity index (χ3n) is 2.20. The van der Waals surface area contributed by atoms with Gasteiger partial charge in [-0.3, -0.25) is 0 Å². The lowest BCUT2D eigenvalue weighted by atomic mass is 10.1. The van der Waals surface area contributed by atoms with Crippen LogP contribution in [-0.4, -0.2) is 39.2 Å². The predicted molar refractivity (Wildman–Crippen MR) is 46.7 cm³/mol. The molecule has 4 nitrogen and oxygen atoms in total. The van der Waals surface area contributed by atoms with E-state index in [0.29, 0.717) is 19.6 Å². The molecule has 2 atom stereocenters. The first-order chi connectivity index (χ1) is 5.54. The van der Waals surface area contributed by atoms with Crippen molar-refractivity contribution in [2.45, 2.75) is 24.2 Å². The average Bonchev–Trinajstić information content (AvgIpc) is 2.03. The van der Waals surface area contributed by atoms with E-state index in [-0.39, 0.29) is 11.4 Å². The van der Waals surface area contributed by atoms with Gasteiger partial charge in [0.15, 0.2) is 9.84 Å². The SMILES string of the molecule is CS(=O)(=O)C1CCC(CN)OC1. The molecule has 1 heterocycles. The second kappa shape index (κ2) is 3.72. The number of ether oxygens (including phenoxy) is 1. The van der Waals surface area contributed by atoms with Crippen LogP contribution < -0.4 is 5.73 Å². The second-order valence-electron chi connectivity index (χ2n) is 3.22. The maximum Gasteiger partial charge on any atom is 0.152 e. The molecule has 1 rings (SSSR count). The van der Waals surface area contributed by atoms with Gasteiger partial charge in [-0.25, -0.2) is 8.42 Å². The number of hydrogen-bond acceptors (Lipinski definition) is 4. The highest BCUT2D eigenvalue weighted by atomic mass is 32.2. The first kappa shape index (κ1) is 9.95. The molecular weight excluding hydrogens is 178 g/mol. The summed E-state index contributed by atoms with van der Waals surface area (Å²) in [5, 5.41) is -0.319. The van der Waals surface area contributed by atoms with Crippen LogP contribution in [0.15, 0.2) is 0 Å². The zero-order valence-electron chi connectivity index (χ0n) is 7.19. The van der Waals surface area contributed by atoms with Gasteiger partial charge in [-0.15, -0.1) is 0 Å². The van der Waals surface area contributed by atoms with Crippen molar-refractivity contribution in [2.75, 3.05) is 19.4 Å². The summed E-state index contributed by atoms with van der Waals surface area (Å²) in [7, 11) is -2.92. The van der Waals surface area contributed by atoms with E-state index in [1.807, 2.05) is 0 Å². The van der Waals surface area contributed by atoms with Crippen LogP contribution in [0.4, 0.5) is 0 Å². The Hall–Kier alpha value is -0.130. The second-order valence-corrected chi connectivity index (χ2v) is 5.55. The zero-order valence-corrected chi connectivity index (χ0v) is 8.01. The largest absolute Gasteiger partial charge is 0.376 e. The van der Waals surface area contributed by atoms with Crippen LogP contribution in [0.2, 0.25) is 0 Å². The quantitative estimate of drug-likeness (QED) is 0.644. The number of rotatable bonds is 2. The highest BCUT2D eigenvalue weighted by molar-refractivity contribution is 7.91. The summed E-state index contributed by atoms with van der Waals surface area (Å²) in [5.74, 6) is 0. The van der Waals surface area contributed by atoms with Crippen LogP contribution in [0.25, 0.3) is 0 Å². The molecule has 0 aliphatic carbocycles. The molecule has 0 aromatic carbocycles. The first-order valence-corrected chi connectivity index (χ1v) is 6.00. The molecule has 1 aliphatic heterocycles. The van der Waals surface area contributed by atoms with Crippen LogP contribution in [-0.2, 0) is 14.6 Å². The van der Waals surface area contributed by atoms with Crippen molar-refractivity contribution < 1.29 is 13.2 Å². The van der Waals surface area contributed by atoms with Crippen molar-refractivity contribution >= 4 is 9.84 Å². The molecule has 0 aromatic heterocycles. The molecule has 0 bridgehead atoms. The first-order valence-electron chi connectivity index (χ1n) is 4.04. The predicted octanol–water partition coefficient (Wildman–Crippen LogP) is -0.463. The van der Waals surface area contributed by atoms with E-state index in [0.717, 1.165) is 6.42 Å². The molecule has 12 heavy (non-hydrogen) atoms.